The summed E-state index contributed by atoms with van der Waals surface area (Å²) in [5, 5.41) is 19.3. The fourth-order valence-electron chi connectivity index (χ4n) is 3.54. The standard InChI is InChI=1S/C26H34N4.2Co.4NO/c1-2-12-20-28-25-17-9-6-10-18-26(25)30-22-14-4-3-13-21-29-24-16-8-5-7-15-23(24)27-19-11-1;;;4*1-2/h5-10,15-18H,1-4,11-14,19-22H2;;;;;;/q-2;;;;;;. The number of hydrogen-bond donors (Lipinski definition) is 0. The van der Waals surface area contributed by atoms with E-state index in [1.807, 2.05) is 12.1 Å². The summed E-state index contributed by atoms with van der Waals surface area (Å²) in [4.78, 5) is 29.0. The van der Waals surface area contributed by atoms with Crippen molar-refractivity contribution in [3.05, 3.63) is 102 Å². The van der Waals surface area contributed by atoms with Crippen LogP contribution in [-0.4, -0.2) is 26.2 Å². The zero-order valence-corrected chi connectivity index (χ0v) is 24.2. The molecule has 0 N–H and O–H groups in total. The van der Waals surface area contributed by atoms with Gasteiger partial charge in [0, 0.05) is 94.2 Å². The molecule has 0 amide bonds. The summed E-state index contributed by atoms with van der Waals surface area (Å²) in [5.41, 5.74) is 27.1. The monoisotopic (exact) mass is 640 g/mol. The van der Waals surface area contributed by atoms with E-state index in [0.29, 0.717) is 0 Å². The van der Waals surface area contributed by atoms with Crippen molar-refractivity contribution < 1.29 is 33.6 Å². The van der Waals surface area contributed by atoms with Gasteiger partial charge in [-0.25, -0.2) is 0 Å². The maximum atomic E-state index is 7.25. The van der Waals surface area contributed by atoms with Gasteiger partial charge in [-0.1, -0.05) is 51.4 Å². The minimum Gasteiger partial charge on any atom is -0.662 e. The summed E-state index contributed by atoms with van der Waals surface area (Å²) in [5.74, 6) is 0. The second-order valence-corrected chi connectivity index (χ2v) is 7.72. The Morgan fingerprint density at radius 2 is 0.775 bits per heavy atom. The van der Waals surface area contributed by atoms with Gasteiger partial charge in [-0.2, -0.15) is 0 Å². The van der Waals surface area contributed by atoms with Gasteiger partial charge in [-0.05, 0) is 22.7 Å². The third kappa shape index (κ3) is 21.7. The number of hydrogen-bond acceptors (Lipinski definition) is 4. The molecule has 0 fully saturated rings. The van der Waals surface area contributed by atoms with Crippen LogP contribution in [0.1, 0.15) is 51.4 Å². The molecule has 1 aliphatic heterocycles. The smallest absolute Gasteiger partial charge is 0.120 e. The fraction of sp³-hybridized carbons (Fsp3) is 0.462. The number of rotatable bonds is 0. The first kappa shape index (κ1) is 43.8. The minimum absolute atomic E-state index is 0. The SMILES string of the molecule is [Co].[Co].[N]=O.[N]=O.[N]=O.[N]=O.c1ccc2[c+](cc1)[N-]CCCCCC[N-]c1ccccc[c+]1[N-]CCCCCC[N-]2. The van der Waals surface area contributed by atoms with E-state index in [2.05, 4.69) is 48.5 Å². The minimum atomic E-state index is 0. The molecule has 1 heterocycles. The molecule has 0 saturated heterocycles. The summed E-state index contributed by atoms with van der Waals surface area (Å²) in [6.45, 7) is 3.45. The van der Waals surface area contributed by atoms with Crippen LogP contribution in [0.4, 0.5) is 22.7 Å². The van der Waals surface area contributed by atoms with Crippen LogP contribution in [0.25, 0.3) is 21.3 Å². The van der Waals surface area contributed by atoms with Crippen molar-refractivity contribution in [3.8, 4) is 0 Å². The molecule has 6 radical (unpaired) electrons. The zero-order valence-electron chi connectivity index (χ0n) is 22.1. The topological polar surface area (TPSA) is 214 Å². The van der Waals surface area contributed by atoms with E-state index in [4.69, 9.17) is 63.3 Å². The van der Waals surface area contributed by atoms with E-state index in [-0.39, 0.29) is 33.6 Å². The first-order valence-electron chi connectivity index (χ1n) is 12.2. The van der Waals surface area contributed by atoms with Gasteiger partial charge in [-0.3, -0.25) is 0 Å². The maximum Gasteiger partial charge on any atom is 0.120 e. The Balaban J connectivity index is -0.000000595. The second kappa shape index (κ2) is 35.8. The molecule has 40 heavy (non-hydrogen) atoms. The van der Waals surface area contributed by atoms with E-state index in [9.17, 15) is 0 Å². The molecular formula is C26H34Co2N8O4-2. The predicted molar refractivity (Wildman–Crippen MR) is 152 cm³/mol. The molecule has 0 spiro atoms. The van der Waals surface area contributed by atoms with Gasteiger partial charge in [0.15, 0.2) is 0 Å². The number of nitroso groups, excluding NO2 is 4. The van der Waals surface area contributed by atoms with Crippen LogP contribution in [0.3, 0.4) is 0 Å². The Kier molecular flexibility index (Phi) is 39.2. The van der Waals surface area contributed by atoms with Crippen molar-refractivity contribution in [1.29, 1.82) is 0 Å². The molecule has 0 unspecified atom stereocenters. The molecule has 1 aliphatic rings. The van der Waals surface area contributed by atoms with Crippen LogP contribution in [-0.2, 0) is 33.6 Å². The van der Waals surface area contributed by atoms with Gasteiger partial charge < -0.3 is 21.3 Å². The van der Waals surface area contributed by atoms with Crippen LogP contribution in [0.5, 0.6) is 0 Å². The Bertz CT molecular complexity index is 727. The first-order valence-corrected chi connectivity index (χ1v) is 12.2. The van der Waals surface area contributed by atoms with E-state index in [0.717, 1.165) is 74.6 Å². The normalized spacial score (nSPS) is 13.0. The van der Waals surface area contributed by atoms with Crippen molar-refractivity contribution in [2.24, 2.45) is 0 Å². The number of nitrogens with zero attached hydrogens (tertiary/aromatic N) is 8. The van der Waals surface area contributed by atoms with Crippen molar-refractivity contribution in [2.45, 2.75) is 51.4 Å². The molecule has 0 aliphatic carbocycles. The Hall–Kier alpha value is -3.21. The molecule has 0 aromatic heterocycles. The fourth-order valence-corrected chi connectivity index (χ4v) is 3.54. The zero-order chi connectivity index (χ0) is 28.7. The van der Waals surface area contributed by atoms with Gasteiger partial charge >= 0.3 is 0 Å². The summed E-state index contributed by atoms with van der Waals surface area (Å²) < 4.78 is 0. The maximum absolute atomic E-state index is 7.25. The second-order valence-electron chi connectivity index (χ2n) is 7.72. The molecule has 3 rings (SSSR count). The van der Waals surface area contributed by atoms with Crippen LogP contribution in [0, 0.1) is 19.6 Å². The predicted octanol–water partition coefficient (Wildman–Crippen LogP) is 7.31. The number of fused-ring (bicyclic) bond motifs is 2. The van der Waals surface area contributed by atoms with Crippen molar-refractivity contribution in [1.82, 2.24) is 22.4 Å². The largest absolute Gasteiger partial charge is 0.662 e. The van der Waals surface area contributed by atoms with Gasteiger partial charge in [0.2, 0.25) is 0 Å². The van der Waals surface area contributed by atoms with Crippen molar-refractivity contribution in [3.63, 3.8) is 0 Å². The Morgan fingerprint density at radius 1 is 0.450 bits per heavy atom. The van der Waals surface area contributed by atoms with E-state index < -0.39 is 0 Å². The van der Waals surface area contributed by atoms with Crippen molar-refractivity contribution >= 4 is 22.7 Å². The van der Waals surface area contributed by atoms with E-state index in [1.54, 1.807) is 0 Å². The molecule has 2 aromatic rings. The first-order chi connectivity index (χ1) is 18.9. The summed E-state index contributed by atoms with van der Waals surface area (Å²) in [7, 11) is 0. The molecule has 222 valence electrons. The van der Waals surface area contributed by atoms with Gasteiger partial charge in [0.25, 0.3) is 0 Å². The van der Waals surface area contributed by atoms with Crippen molar-refractivity contribution in [2.75, 3.05) is 26.2 Å². The Morgan fingerprint density at radius 3 is 1.12 bits per heavy atom. The average molecular weight is 640 g/mol. The molecule has 2 aromatic carbocycles. The van der Waals surface area contributed by atoms with Crippen LogP contribution >= 0.6 is 0 Å². The molecule has 0 atom stereocenters. The average Bonchev–Trinajstić information content (AvgIpc) is 3.36. The summed E-state index contributed by atoms with van der Waals surface area (Å²) in [6.07, 6.45) is 9.18. The van der Waals surface area contributed by atoms with Crippen LogP contribution in [0.2, 0.25) is 0 Å². The van der Waals surface area contributed by atoms with Gasteiger partial charge in [0.1, 0.15) is 22.4 Å². The molecule has 0 bridgehead atoms. The molecule has 0 saturated carbocycles. The van der Waals surface area contributed by atoms with E-state index in [1.165, 1.54) is 25.7 Å². The van der Waals surface area contributed by atoms with Crippen LogP contribution in [0.15, 0.2) is 60.7 Å². The third-order valence-corrected chi connectivity index (χ3v) is 5.25. The molecular weight excluding hydrogens is 606 g/mol. The van der Waals surface area contributed by atoms with Crippen LogP contribution < -0.4 is 22.4 Å². The summed E-state index contributed by atoms with van der Waals surface area (Å²) in [6, 6.07) is 20.7. The van der Waals surface area contributed by atoms with E-state index >= 15 is 0 Å². The quantitative estimate of drug-likeness (QED) is 0.271. The van der Waals surface area contributed by atoms with Gasteiger partial charge in [-0.15, -0.1) is 45.8 Å². The molecule has 14 heteroatoms. The molecule has 12 nitrogen and oxygen atoms in total. The summed E-state index contributed by atoms with van der Waals surface area (Å²) >= 11 is 0. The van der Waals surface area contributed by atoms with Gasteiger partial charge in [0.05, 0.1) is 0 Å². The third-order valence-electron chi connectivity index (χ3n) is 5.25. The Labute approximate surface area is 257 Å².